The molecule has 1 fully saturated rings. The van der Waals surface area contributed by atoms with E-state index in [1.165, 1.54) is 0 Å². The van der Waals surface area contributed by atoms with E-state index < -0.39 is 0 Å². The van der Waals surface area contributed by atoms with Gasteiger partial charge in [0, 0.05) is 29.3 Å². The Morgan fingerprint density at radius 3 is 2.72 bits per heavy atom. The van der Waals surface area contributed by atoms with Crippen molar-refractivity contribution in [2.24, 2.45) is 5.92 Å². The van der Waals surface area contributed by atoms with Crippen molar-refractivity contribution in [2.45, 2.75) is 25.8 Å². The Morgan fingerprint density at radius 1 is 1.33 bits per heavy atom. The van der Waals surface area contributed by atoms with Gasteiger partial charge in [0.15, 0.2) is 0 Å². The highest BCUT2D eigenvalue weighted by Crippen LogP contribution is 2.35. The van der Waals surface area contributed by atoms with Crippen LogP contribution >= 0.6 is 23.2 Å². The highest BCUT2D eigenvalue weighted by atomic mass is 35.5. The summed E-state index contributed by atoms with van der Waals surface area (Å²) in [6.07, 6.45) is 2.14. The summed E-state index contributed by atoms with van der Waals surface area (Å²) in [7, 11) is 0. The van der Waals surface area contributed by atoms with Crippen molar-refractivity contribution in [3.8, 4) is 0 Å². The standard InChI is InChI=1S/C14H19Cl2NO/c1-2-17-14(10-5-7-18-8-6-10)12-9-11(15)3-4-13(12)16/h3-4,9-10,14,17H,2,5-8H2,1H3. The van der Waals surface area contributed by atoms with Crippen molar-refractivity contribution in [2.75, 3.05) is 19.8 Å². The van der Waals surface area contributed by atoms with Crippen LogP contribution < -0.4 is 5.32 Å². The average Bonchev–Trinajstić information content (AvgIpc) is 2.40. The van der Waals surface area contributed by atoms with Crippen molar-refractivity contribution < 1.29 is 4.74 Å². The van der Waals surface area contributed by atoms with E-state index in [0.29, 0.717) is 5.92 Å². The summed E-state index contributed by atoms with van der Waals surface area (Å²) >= 11 is 12.4. The molecule has 1 unspecified atom stereocenters. The molecule has 1 saturated heterocycles. The van der Waals surface area contributed by atoms with Crippen LogP contribution in [-0.4, -0.2) is 19.8 Å². The number of nitrogens with one attached hydrogen (secondary N) is 1. The number of rotatable bonds is 4. The molecule has 18 heavy (non-hydrogen) atoms. The second kappa shape index (κ2) is 6.76. The van der Waals surface area contributed by atoms with Gasteiger partial charge in [0.25, 0.3) is 0 Å². The number of ether oxygens (including phenoxy) is 1. The van der Waals surface area contributed by atoms with Gasteiger partial charge in [-0.25, -0.2) is 0 Å². The maximum absolute atomic E-state index is 6.32. The van der Waals surface area contributed by atoms with Gasteiger partial charge in [0.05, 0.1) is 0 Å². The van der Waals surface area contributed by atoms with Gasteiger partial charge < -0.3 is 10.1 Å². The Hall–Kier alpha value is -0.280. The molecule has 0 radical (unpaired) electrons. The van der Waals surface area contributed by atoms with Gasteiger partial charge in [-0.15, -0.1) is 0 Å². The Morgan fingerprint density at radius 2 is 2.06 bits per heavy atom. The lowest BCUT2D eigenvalue weighted by Gasteiger charge is -2.31. The smallest absolute Gasteiger partial charge is 0.0469 e. The van der Waals surface area contributed by atoms with E-state index in [-0.39, 0.29) is 6.04 Å². The molecule has 1 atom stereocenters. The zero-order valence-electron chi connectivity index (χ0n) is 10.6. The zero-order valence-corrected chi connectivity index (χ0v) is 12.1. The van der Waals surface area contributed by atoms with Crippen LogP contribution in [0.15, 0.2) is 18.2 Å². The van der Waals surface area contributed by atoms with E-state index >= 15 is 0 Å². The van der Waals surface area contributed by atoms with Crippen LogP contribution in [0.4, 0.5) is 0 Å². The monoisotopic (exact) mass is 287 g/mol. The lowest BCUT2D eigenvalue weighted by Crippen LogP contribution is -2.32. The van der Waals surface area contributed by atoms with Crippen molar-refractivity contribution in [3.63, 3.8) is 0 Å². The fourth-order valence-electron chi connectivity index (χ4n) is 2.55. The highest BCUT2D eigenvalue weighted by molar-refractivity contribution is 6.33. The van der Waals surface area contributed by atoms with Crippen LogP contribution in [0, 0.1) is 5.92 Å². The molecule has 0 aliphatic carbocycles. The maximum Gasteiger partial charge on any atom is 0.0469 e. The Bertz CT molecular complexity index is 391. The number of halogens is 2. The van der Waals surface area contributed by atoms with Gasteiger partial charge in [-0.1, -0.05) is 30.1 Å². The van der Waals surface area contributed by atoms with Gasteiger partial charge in [-0.05, 0) is 49.1 Å². The lowest BCUT2D eigenvalue weighted by molar-refractivity contribution is 0.0538. The molecule has 100 valence electrons. The maximum atomic E-state index is 6.32. The van der Waals surface area contributed by atoms with Gasteiger partial charge in [0.2, 0.25) is 0 Å². The molecule has 0 aromatic heterocycles. The number of hydrogen-bond acceptors (Lipinski definition) is 2. The molecule has 1 heterocycles. The summed E-state index contributed by atoms with van der Waals surface area (Å²) in [5.74, 6) is 0.565. The molecule has 2 rings (SSSR count). The first-order valence-corrected chi connectivity index (χ1v) is 7.24. The fourth-order valence-corrected chi connectivity index (χ4v) is 2.97. The molecule has 1 aliphatic rings. The van der Waals surface area contributed by atoms with E-state index in [9.17, 15) is 0 Å². The predicted octanol–water partition coefficient (Wildman–Crippen LogP) is 4.07. The molecule has 1 aromatic rings. The van der Waals surface area contributed by atoms with Crippen LogP contribution in [0.2, 0.25) is 10.0 Å². The lowest BCUT2D eigenvalue weighted by atomic mass is 9.87. The quantitative estimate of drug-likeness (QED) is 0.901. The fraction of sp³-hybridized carbons (Fsp3) is 0.571. The Balaban J connectivity index is 2.24. The summed E-state index contributed by atoms with van der Waals surface area (Å²) in [5, 5.41) is 5.07. The first-order chi connectivity index (χ1) is 8.72. The highest BCUT2D eigenvalue weighted by Gasteiger charge is 2.26. The third kappa shape index (κ3) is 3.39. The summed E-state index contributed by atoms with van der Waals surface area (Å²) in [4.78, 5) is 0. The number of benzene rings is 1. The molecule has 0 bridgehead atoms. The summed E-state index contributed by atoms with van der Waals surface area (Å²) in [6.45, 7) is 4.71. The minimum atomic E-state index is 0.269. The van der Waals surface area contributed by atoms with Crippen LogP contribution in [0.3, 0.4) is 0 Å². The van der Waals surface area contributed by atoms with E-state index in [1.54, 1.807) is 0 Å². The van der Waals surface area contributed by atoms with E-state index in [2.05, 4.69) is 12.2 Å². The van der Waals surface area contributed by atoms with Gasteiger partial charge >= 0.3 is 0 Å². The topological polar surface area (TPSA) is 21.3 Å². The van der Waals surface area contributed by atoms with Gasteiger partial charge in [0.1, 0.15) is 0 Å². The third-order valence-corrected chi connectivity index (χ3v) is 4.03. The molecule has 0 spiro atoms. The molecule has 4 heteroatoms. The van der Waals surface area contributed by atoms with Gasteiger partial charge in [-0.2, -0.15) is 0 Å². The van der Waals surface area contributed by atoms with E-state index in [0.717, 1.165) is 48.2 Å². The van der Waals surface area contributed by atoms with Crippen LogP contribution in [-0.2, 0) is 4.74 Å². The third-order valence-electron chi connectivity index (χ3n) is 3.45. The second-order valence-corrected chi connectivity index (χ2v) is 5.49. The van der Waals surface area contributed by atoms with Crippen molar-refractivity contribution >= 4 is 23.2 Å². The predicted molar refractivity (Wildman–Crippen MR) is 76.4 cm³/mol. The zero-order chi connectivity index (χ0) is 13.0. The molecule has 1 aliphatic heterocycles. The van der Waals surface area contributed by atoms with E-state index in [1.807, 2.05) is 18.2 Å². The van der Waals surface area contributed by atoms with Crippen LogP contribution in [0.5, 0.6) is 0 Å². The summed E-state index contributed by atoms with van der Waals surface area (Å²) in [5.41, 5.74) is 1.11. The largest absolute Gasteiger partial charge is 0.381 e. The van der Waals surface area contributed by atoms with Crippen molar-refractivity contribution in [3.05, 3.63) is 33.8 Å². The SMILES string of the molecule is CCNC(c1cc(Cl)ccc1Cl)C1CCOCC1. The minimum Gasteiger partial charge on any atom is -0.381 e. The summed E-state index contributed by atoms with van der Waals surface area (Å²) in [6, 6.07) is 5.96. The molecule has 1 aromatic carbocycles. The number of hydrogen-bond donors (Lipinski definition) is 1. The molecule has 1 N–H and O–H groups in total. The second-order valence-electron chi connectivity index (χ2n) is 4.65. The molecule has 2 nitrogen and oxygen atoms in total. The van der Waals surface area contributed by atoms with Crippen molar-refractivity contribution in [1.29, 1.82) is 0 Å². The molecular weight excluding hydrogens is 269 g/mol. The van der Waals surface area contributed by atoms with E-state index in [4.69, 9.17) is 27.9 Å². The van der Waals surface area contributed by atoms with Crippen LogP contribution in [0.1, 0.15) is 31.4 Å². The average molecular weight is 288 g/mol. The van der Waals surface area contributed by atoms with Crippen molar-refractivity contribution in [1.82, 2.24) is 5.32 Å². The molecule has 0 amide bonds. The van der Waals surface area contributed by atoms with Gasteiger partial charge in [-0.3, -0.25) is 0 Å². The molecule has 0 saturated carbocycles. The first kappa shape index (κ1) is 14.1. The molecular formula is C14H19Cl2NO. The van der Waals surface area contributed by atoms with Crippen LogP contribution in [0.25, 0.3) is 0 Å². The first-order valence-electron chi connectivity index (χ1n) is 6.48. The minimum absolute atomic E-state index is 0.269. The summed E-state index contributed by atoms with van der Waals surface area (Å²) < 4.78 is 5.43. The normalized spacial score (nSPS) is 18.8. The Kier molecular flexibility index (Phi) is 5.31. The Labute approximate surface area is 119 Å².